The number of hydrogen-bond acceptors (Lipinski definition) is 3. The van der Waals surface area contributed by atoms with Crippen LogP contribution in [0.15, 0.2) is 29.6 Å². The monoisotopic (exact) mass is 355 g/mol. The maximum absolute atomic E-state index is 10.1. The minimum absolute atomic E-state index is 0.487. The van der Waals surface area contributed by atoms with Gasteiger partial charge in [0.1, 0.15) is 0 Å². The van der Waals surface area contributed by atoms with Crippen molar-refractivity contribution in [3.05, 3.63) is 55.7 Å². The average Bonchev–Trinajstić information content (AvgIpc) is 2.88. The first-order valence-corrected chi connectivity index (χ1v) is 8.82. The molecule has 1 aliphatic rings. The highest BCUT2D eigenvalue weighted by molar-refractivity contribution is 7.11. The standard InChI is InChI=1S/C11H13Cl2N.C6H6OS/c1-14-10-6-5-7(10)11-8(12)3-2-4-9(11)13;1-5-2-3-8-6(5)4-7/h2-4,7,10,14H,5-6H2,1H3;2-4H,1H3/t7-,10+;/m0./s1. The van der Waals surface area contributed by atoms with E-state index >= 15 is 0 Å². The number of halogens is 2. The highest BCUT2D eigenvalue weighted by atomic mass is 35.5. The molecule has 1 aromatic carbocycles. The van der Waals surface area contributed by atoms with Crippen molar-refractivity contribution < 1.29 is 4.79 Å². The van der Waals surface area contributed by atoms with Crippen molar-refractivity contribution in [2.24, 2.45) is 0 Å². The van der Waals surface area contributed by atoms with Crippen LogP contribution in [0.25, 0.3) is 0 Å². The fraction of sp³-hybridized carbons (Fsp3) is 0.353. The van der Waals surface area contributed by atoms with E-state index in [-0.39, 0.29) is 0 Å². The zero-order valence-electron chi connectivity index (χ0n) is 12.6. The van der Waals surface area contributed by atoms with Gasteiger partial charge in [-0.05, 0) is 61.5 Å². The smallest absolute Gasteiger partial charge is 0.160 e. The molecule has 0 radical (unpaired) electrons. The fourth-order valence-electron chi connectivity index (χ4n) is 2.56. The summed E-state index contributed by atoms with van der Waals surface area (Å²) in [6.45, 7) is 1.93. The van der Waals surface area contributed by atoms with Crippen LogP contribution < -0.4 is 5.32 Å². The molecule has 3 rings (SSSR count). The lowest BCUT2D eigenvalue weighted by Crippen LogP contribution is -2.40. The molecule has 1 heterocycles. The number of nitrogens with one attached hydrogen (secondary N) is 1. The van der Waals surface area contributed by atoms with Gasteiger partial charge in [0.2, 0.25) is 0 Å². The number of thiophene rings is 1. The van der Waals surface area contributed by atoms with Gasteiger partial charge in [0, 0.05) is 22.0 Å². The number of aryl methyl sites for hydroxylation is 1. The van der Waals surface area contributed by atoms with Crippen molar-refractivity contribution in [3.8, 4) is 0 Å². The summed E-state index contributed by atoms with van der Waals surface area (Å²) >= 11 is 13.8. The maximum Gasteiger partial charge on any atom is 0.160 e. The van der Waals surface area contributed by atoms with Crippen LogP contribution >= 0.6 is 34.5 Å². The van der Waals surface area contributed by atoms with E-state index in [1.165, 1.54) is 24.2 Å². The van der Waals surface area contributed by atoms with Crippen LogP contribution in [0.2, 0.25) is 10.0 Å². The molecule has 0 saturated heterocycles. The predicted octanol–water partition coefficient (Wildman–Crippen LogP) is 5.33. The van der Waals surface area contributed by atoms with Crippen LogP contribution in [0.4, 0.5) is 0 Å². The minimum Gasteiger partial charge on any atom is -0.316 e. The normalized spacial score (nSPS) is 19.8. The van der Waals surface area contributed by atoms with E-state index in [1.807, 2.05) is 43.6 Å². The summed E-state index contributed by atoms with van der Waals surface area (Å²) in [5, 5.41) is 6.79. The van der Waals surface area contributed by atoms with Gasteiger partial charge in [0.25, 0.3) is 0 Å². The van der Waals surface area contributed by atoms with E-state index in [0.29, 0.717) is 12.0 Å². The topological polar surface area (TPSA) is 29.1 Å². The van der Waals surface area contributed by atoms with Crippen LogP contribution in [-0.2, 0) is 0 Å². The molecule has 0 aliphatic heterocycles. The molecule has 2 nitrogen and oxygen atoms in total. The Kier molecular flexibility index (Phi) is 6.45. The number of rotatable bonds is 3. The van der Waals surface area contributed by atoms with Crippen molar-refractivity contribution in [3.63, 3.8) is 0 Å². The van der Waals surface area contributed by atoms with E-state index in [9.17, 15) is 4.79 Å². The molecule has 22 heavy (non-hydrogen) atoms. The Bertz CT molecular complexity index is 619. The highest BCUT2D eigenvalue weighted by Gasteiger charge is 2.33. The van der Waals surface area contributed by atoms with Crippen molar-refractivity contribution in [2.45, 2.75) is 31.7 Å². The van der Waals surface area contributed by atoms with Crippen LogP contribution in [-0.4, -0.2) is 19.4 Å². The number of likely N-dealkylation sites (N-methyl/N-ethyl adjacent to an activating group) is 1. The van der Waals surface area contributed by atoms with Crippen LogP contribution in [0.1, 0.15) is 39.6 Å². The lowest BCUT2D eigenvalue weighted by atomic mass is 9.75. The Morgan fingerprint density at radius 3 is 2.27 bits per heavy atom. The first kappa shape index (κ1) is 17.5. The molecular weight excluding hydrogens is 337 g/mol. The van der Waals surface area contributed by atoms with Gasteiger partial charge in [-0.25, -0.2) is 0 Å². The van der Waals surface area contributed by atoms with Gasteiger partial charge < -0.3 is 5.32 Å². The van der Waals surface area contributed by atoms with Gasteiger partial charge in [-0.3, -0.25) is 4.79 Å². The number of benzene rings is 1. The first-order chi connectivity index (χ1) is 10.6. The quantitative estimate of drug-likeness (QED) is 0.754. The molecular formula is C17H19Cl2NOS. The molecule has 1 saturated carbocycles. The van der Waals surface area contributed by atoms with Gasteiger partial charge in [-0.15, -0.1) is 11.3 Å². The molecule has 2 aromatic rings. The van der Waals surface area contributed by atoms with Crippen LogP contribution in [0.5, 0.6) is 0 Å². The van der Waals surface area contributed by atoms with Crippen molar-refractivity contribution >= 4 is 40.8 Å². The van der Waals surface area contributed by atoms with E-state index in [2.05, 4.69) is 5.32 Å². The Labute approximate surface area is 145 Å². The third-order valence-electron chi connectivity index (χ3n) is 4.02. The zero-order chi connectivity index (χ0) is 16.1. The van der Waals surface area contributed by atoms with E-state index in [4.69, 9.17) is 23.2 Å². The summed E-state index contributed by atoms with van der Waals surface area (Å²) < 4.78 is 0. The molecule has 0 unspecified atom stereocenters. The average molecular weight is 356 g/mol. The second-order valence-electron chi connectivity index (χ2n) is 5.30. The summed E-state index contributed by atoms with van der Waals surface area (Å²) in [5.41, 5.74) is 2.19. The molecule has 2 atom stereocenters. The Balaban J connectivity index is 0.000000188. The van der Waals surface area contributed by atoms with Crippen LogP contribution in [0, 0.1) is 6.92 Å². The summed E-state index contributed by atoms with van der Waals surface area (Å²) in [6, 6.07) is 8.18. The number of aldehydes is 1. The SMILES string of the molecule is CN[C@@H]1CC[C@@H]1c1c(Cl)cccc1Cl.Cc1ccsc1C=O. The molecule has 1 fully saturated rings. The summed E-state index contributed by atoms with van der Waals surface area (Å²) in [6.07, 6.45) is 3.28. The van der Waals surface area contributed by atoms with Gasteiger partial charge in [0.05, 0.1) is 4.88 Å². The fourth-order valence-corrected chi connectivity index (χ4v) is 3.97. The first-order valence-electron chi connectivity index (χ1n) is 7.19. The highest BCUT2D eigenvalue weighted by Crippen LogP contribution is 2.43. The van der Waals surface area contributed by atoms with Gasteiger partial charge >= 0.3 is 0 Å². The summed E-state index contributed by atoms with van der Waals surface area (Å²) in [4.78, 5) is 10.9. The van der Waals surface area contributed by atoms with Gasteiger partial charge in [0.15, 0.2) is 6.29 Å². The second kappa shape index (κ2) is 8.11. The number of hydrogen-bond donors (Lipinski definition) is 1. The zero-order valence-corrected chi connectivity index (χ0v) is 14.9. The third kappa shape index (κ3) is 3.90. The molecule has 1 aromatic heterocycles. The molecule has 0 amide bonds. The lowest BCUT2D eigenvalue weighted by molar-refractivity contribution is 0.112. The van der Waals surface area contributed by atoms with E-state index in [1.54, 1.807) is 0 Å². The lowest BCUT2D eigenvalue weighted by Gasteiger charge is -2.37. The van der Waals surface area contributed by atoms with Gasteiger partial charge in [-0.2, -0.15) is 0 Å². The molecule has 0 bridgehead atoms. The minimum atomic E-state index is 0.487. The summed E-state index contributed by atoms with van der Waals surface area (Å²) in [5.74, 6) is 0.487. The predicted molar refractivity (Wildman–Crippen MR) is 95.7 cm³/mol. The number of carbonyl (C=O) groups is 1. The van der Waals surface area contributed by atoms with Crippen LogP contribution in [0.3, 0.4) is 0 Å². The maximum atomic E-state index is 10.1. The van der Waals surface area contributed by atoms with Gasteiger partial charge in [-0.1, -0.05) is 29.3 Å². The Morgan fingerprint density at radius 1 is 1.23 bits per heavy atom. The Hall–Kier alpha value is -0.870. The van der Waals surface area contributed by atoms with Crippen molar-refractivity contribution in [2.75, 3.05) is 7.05 Å². The molecule has 1 aliphatic carbocycles. The molecule has 1 N–H and O–H groups in total. The second-order valence-corrected chi connectivity index (χ2v) is 7.06. The number of carbonyl (C=O) groups excluding carboxylic acids is 1. The van der Waals surface area contributed by atoms with Crippen molar-refractivity contribution in [1.82, 2.24) is 5.32 Å². The van der Waals surface area contributed by atoms with E-state index in [0.717, 1.165) is 32.3 Å². The summed E-state index contributed by atoms with van der Waals surface area (Å²) in [7, 11) is 1.99. The molecule has 0 spiro atoms. The van der Waals surface area contributed by atoms with E-state index < -0.39 is 0 Å². The third-order valence-corrected chi connectivity index (χ3v) is 5.63. The largest absolute Gasteiger partial charge is 0.316 e. The molecule has 118 valence electrons. The Morgan fingerprint density at radius 2 is 1.91 bits per heavy atom. The molecule has 5 heteroatoms. The van der Waals surface area contributed by atoms with Crippen molar-refractivity contribution in [1.29, 1.82) is 0 Å².